The monoisotopic (exact) mass is 285 g/mol. The molecule has 1 unspecified atom stereocenters. The fourth-order valence-electron chi connectivity index (χ4n) is 2.69. The van der Waals surface area contributed by atoms with Gasteiger partial charge in [-0.05, 0) is 31.0 Å². The zero-order chi connectivity index (χ0) is 14.8. The van der Waals surface area contributed by atoms with Crippen LogP contribution in [-0.4, -0.2) is 20.7 Å². The molecule has 1 aromatic heterocycles. The van der Waals surface area contributed by atoms with E-state index < -0.39 is 5.91 Å². The van der Waals surface area contributed by atoms with Gasteiger partial charge < -0.3 is 15.6 Å². The number of hydrogen-bond acceptors (Lipinski definition) is 4. The standard InChI is InChI=1S/C15H19N5O/c1-10(15-19-18-13-6-3-7-20(13)15)17-9-11-4-2-5-12(8-11)14(16)21/h2,4-5,8,10,17H,3,6-7,9H2,1H3,(H2,16,21). The molecule has 3 rings (SSSR count). The van der Waals surface area contributed by atoms with Crippen molar-refractivity contribution in [2.24, 2.45) is 5.73 Å². The van der Waals surface area contributed by atoms with E-state index in [2.05, 4.69) is 27.0 Å². The molecule has 6 nitrogen and oxygen atoms in total. The first-order valence-electron chi connectivity index (χ1n) is 7.19. The molecule has 2 aromatic rings. The summed E-state index contributed by atoms with van der Waals surface area (Å²) in [5.41, 5.74) is 6.86. The van der Waals surface area contributed by atoms with Crippen LogP contribution in [0.25, 0.3) is 0 Å². The molecular weight excluding hydrogens is 266 g/mol. The van der Waals surface area contributed by atoms with Crippen molar-refractivity contribution in [2.45, 2.75) is 38.9 Å². The minimum Gasteiger partial charge on any atom is -0.366 e. The predicted molar refractivity (Wildman–Crippen MR) is 78.6 cm³/mol. The van der Waals surface area contributed by atoms with E-state index in [1.165, 1.54) is 0 Å². The van der Waals surface area contributed by atoms with E-state index in [9.17, 15) is 4.79 Å². The Hall–Kier alpha value is -2.21. The third-order valence-corrected chi connectivity index (χ3v) is 3.85. The van der Waals surface area contributed by atoms with Crippen molar-refractivity contribution >= 4 is 5.91 Å². The Bertz CT molecular complexity index is 664. The van der Waals surface area contributed by atoms with Gasteiger partial charge in [-0.25, -0.2) is 0 Å². The lowest BCUT2D eigenvalue weighted by Gasteiger charge is -2.14. The molecular formula is C15H19N5O. The molecule has 0 radical (unpaired) electrons. The van der Waals surface area contributed by atoms with Crippen LogP contribution in [-0.2, 0) is 19.5 Å². The second-order valence-corrected chi connectivity index (χ2v) is 5.40. The van der Waals surface area contributed by atoms with Gasteiger partial charge in [-0.2, -0.15) is 0 Å². The predicted octanol–water partition coefficient (Wildman–Crippen LogP) is 1.17. The minimum absolute atomic E-state index is 0.113. The van der Waals surface area contributed by atoms with Gasteiger partial charge in [0.25, 0.3) is 0 Å². The molecule has 6 heteroatoms. The highest BCUT2D eigenvalue weighted by molar-refractivity contribution is 5.92. The van der Waals surface area contributed by atoms with Crippen molar-refractivity contribution < 1.29 is 4.79 Å². The van der Waals surface area contributed by atoms with Crippen LogP contribution in [0.15, 0.2) is 24.3 Å². The molecule has 0 saturated heterocycles. The van der Waals surface area contributed by atoms with E-state index in [4.69, 9.17) is 5.73 Å². The second kappa shape index (κ2) is 5.65. The molecule has 3 N–H and O–H groups in total. The normalized spacial score (nSPS) is 14.9. The minimum atomic E-state index is -0.403. The van der Waals surface area contributed by atoms with Gasteiger partial charge in [-0.15, -0.1) is 10.2 Å². The fourth-order valence-corrected chi connectivity index (χ4v) is 2.69. The number of benzene rings is 1. The summed E-state index contributed by atoms with van der Waals surface area (Å²) in [5.74, 6) is 1.66. The zero-order valence-corrected chi connectivity index (χ0v) is 12.0. The van der Waals surface area contributed by atoms with E-state index in [0.29, 0.717) is 12.1 Å². The fraction of sp³-hybridized carbons (Fsp3) is 0.400. The van der Waals surface area contributed by atoms with Crippen molar-refractivity contribution in [3.8, 4) is 0 Å². The van der Waals surface area contributed by atoms with Gasteiger partial charge in [-0.1, -0.05) is 12.1 Å². The molecule has 1 aromatic carbocycles. The lowest BCUT2D eigenvalue weighted by molar-refractivity contribution is 0.1000. The van der Waals surface area contributed by atoms with Gasteiger partial charge in [0, 0.05) is 25.1 Å². The molecule has 1 atom stereocenters. The Morgan fingerprint density at radius 1 is 1.48 bits per heavy atom. The van der Waals surface area contributed by atoms with Gasteiger partial charge in [0.1, 0.15) is 11.6 Å². The first-order valence-corrected chi connectivity index (χ1v) is 7.19. The van der Waals surface area contributed by atoms with Crippen LogP contribution in [0.4, 0.5) is 0 Å². The van der Waals surface area contributed by atoms with Crippen molar-refractivity contribution in [3.63, 3.8) is 0 Å². The maximum Gasteiger partial charge on any atom is 0.248 e. The molecule has 2 heterocycles. The molecule has 1 aliphatic heterocycles. The average molecular weight is 285 g/mol. The summed E-state index contributed by atoms with van der Waals surface area (Å²) < 4.78 is 2.19. The van der Waals surface area contributed by atoms with Crippen LogP contribution in [0.3, 0.4) is 0 Å². The van der Waals surface area contributed by atoms with Crippen LogP contribution < -0.4 is 11.1 Å². The SMILES string of the molecule is CC(NCc1cccc(C(N)=O)c1)c1nnc2n1CCC2. The zero-order valence-electron chi connectivity index (χ0n) is 12.0. The van der Waals surface area contributed by atoms with Crippen LogP contribution in [0, 0.1) is 0 Å². The molecule has 0 fully saturated rings. The average Bonchev–Trinajstić information content (AvgIpc) is 3.07. The largest absolute Gasteiger partial charge is 0.366 e. The first-order chi connectivity index (χ1) is 10.1. The van der Waals surface area contributed by atoms with Crippen LogP contribution in [0.2, 0.25) is 0 Å². The number of aromatic nitrogens is 3. The highest BCUT2D eigenvalue weighted by Gasteiger charge is 2.20. The van der Waals surface area contributed by atoms with Gasteiger partial charge in [0.2, 0.25) is 5.91 Å². The number of primary amides is 1. The molecule has 110 valence electrons. The number of amides is 1. The van der Waals surface area contributed by atoms with Crippen molar-refractivity contribution in [1.82, 2.24) is 20.1 Å². The van der Waals surface area contributed by atoms with Crippen LogP contribution in [0.5, 0.6) is 0 Å². The quantitative estimate of drug-likeness (QED) is 0.863. The van der Waals surface area contributed by atoms with E-state index in [1.807, 2.05) is 18.2 Å². The Morgan fingerprint density at radius 2 is 2.33 bits per heavy atom. The summed E-state index contributed by atoms with van der Waals surface area (Å²) in [6.07, 6.45) is 2.16. The van der Waals surface area contributed by atoms with Crippen molar-refractivity contribution in [3.05, 3.63) is 47.0 Å². The molecule has 0 bridgehead atoms. The number of nitrogens with zero attached hydrogens (tertiary/aromatic N) is 3. The Morgan fingerprint density at radius 3 is 3.14 bits per heavy atom. The molecule has 1 amide bonds. The summed E-state index contributed by atoms with van der Waals surface area (Å²) in [5, 5.41) is 11.9. The Labute approximate surface area is 123 Å². The number of rotatable bonds is 5. The summed E-state index contributed by atoms with van der Waals surface area (Å²) in [4.78, 5) is 11.2. The highest BCUT2D eigenvalue weighted by atomic mass is 16.1. The Kier molecular flexibility index (Phi) is 3.70. The number of aryl methyl sites for hydroxylation is 1. The van der Waals surface area contributed by atoms with Crippen LogP contribution >= 0.6 is 0 Å². The Balaban J connectivity index is 1.67. The smallest absolute Gasteiger partial charge is 0.248 e. The number of fused-ring (bicyclic) bond motifs is 1. The van der Waals surface area contributed by atoms with E-state index in [0.717, 1.165) is 36.6 Å². The number of carbonyl (C=O) groups is 1. The van der Waals surface area contributed by atoms with Crippen LogP contribution in [0.1, 0.15) is 47.0 Å². The molecule has 21 heavy (non-hydrogen) atoms. The van der Waals surface area contributed by atoms with E-state index >= 15 is 0 Å². The molecule has 0 saturated carbocycles. The van der Waals surface area contributed by atoms with E-state index in [-0.39, 0.29) is 6.04 Å². The summed E-state index contributed by atoms with van der Waals surface area (Å²) in [7, 11) is 0. The summed E-state index contributed by atoms with van der Waals surface area (Å²) in [6, 6.07) is 7.47. The van der Waals surface area contributed by atoms with Gasteiger partial charge in [-0.3, -0.25) is 4.79 Å². The third-order valence-electron chi connectivity index (χ3n) is 3.85. The summed E-state index contributed by atoms with van der Waals surface area (Å²) >= 11 is 0. The summed E-state index contributed by atoms with van der Waals surface area (Å²) in [6.45, 7) is 3.73. The first kappa shape index (κ1) is 13.8. The third kappa shape index (κ3) is 2.80. The van der Waals surface area contributed by atoms with Crippen molar-refractivity contribution in [1.29, 1.82) is 0 Å². The van der Waals surface area contributed by atoms with Gasteiger partial charge in [0.05, 0.1) is 6.04 Å². The maximum atomic E-state index is 11.2. The van der Waals surface area contributed by atoms with Gasteiger partial charge >= 0.3 is 0 Å². The lowest BCUT2D eigenvalue weighted by atomic mass is 10.1. The molecule has 0 aliphatic carbocycles. The number of nitrogens with two attached hydrogens (primary N) is 1. The second-order valence-electron chi connectivity index (χ2n) is 5.40. The lowest BCUT2D eigenvalue weighted by Crippen LogP contribution is -2.22. The molecule has 1 aliphatic rings. The number of hydrogen-bond donors (Lipinski definition) is 2. The number of nitrogens with one attached hydrogen (secondary N) is 1. The number of carbonyl (C=O) groups excluding carboxylic acids is 1. The van der Waals surface area contributed by atoms with E-state index in [1.54, 1.807) is 6.07 Å². The highest BCUT2D eigenvalue weighted by Crippen LogP contribution is 2.19. The maximum absolute atomic E-state index is 11.2. The topological polar surface area (TPSA) is 85.8 Å². The van der Waals surface area contributed by atoms with Gasteiger partial charge in [0.15, 0.2) is 0 Å². The molecule has 0 spiro atoms. The van der Waals surface area contributed by atoms with Crippen molar-refractivity contribution in [2.75, 3.05) is 0 Å².